The van der Waals surface area contributed by atoms with Gasteiger partial charge in [-0.2, -0.15) is 17.5 Å². The van der Waals surface area contributed by atoms with E-state index in [0.29, 0.717) is 23.5 Å². The summed E-state index contributed by atoms with van der Waals surface area (Å²) in [5.41, 5.74) is -1.53. The third kappa shape index (κ3) is 6.24. The van der Waals surface area contributed by atoms with E-state index in [1.807, 2.05) is 0 Å². The van der Waals surface area contributed by atoms with Crippen molar-refractivity contribution in [2.24, 2.45) is 0 Å². The molecule has 214 valence electrons. The Labute approximate surface area is 230 Å². The Morgan fingerprint density at radius 2 is 1.60 bits per heavy atom. The Hall–Kier alpha value is -3.62. The first kappa shape index (κ1) is 29.4. The first-order chi connectivity index (χ1) is 18.8. The van der Waals surface area contributed by atoms with Crippen LogP contribution in [0.2, 0.25) is 0 Å². The molecule has 0 aromatic heterocycles. The maximum Gasteiger partial charge on any atom is 0.416 e. The number of benzene rings is 3. The second-order valence-corrected chi connectivity index (χ2v) is 12.7. The van der Waals surface area contributed by atoms with Gasteiger partial charge < -0.3 is 10.1 Å². The molecule has 1 amide bonds. The lowest BCUT2D eigenvalue weighted by molar-refractivity contribution is -0.137. The van der Waals surface area contributed by atoms with E-state index in [1.54, 1.807) is 6.07 Å². The second kappa shape index (κ2) is 11.5. The van der Waals surface area contributed by atoms with Crippen molar-refractivity contribution in [1.29, 1.82) is 0 Å². The van der Waals surface area contributed by atoms with E-state index in [1.165, 1.54) is 53.9 Å². The maximum absolute atomic E-state index is 13.5. The van der Waals surface area contributed by atoms with Crippen LogP contribution in [0, 0.1) is 0 Å². The predicted octanol–water partition coefficient (Wildman–Crippen LogP) is 4.33. The SMILES string of the molecule is COc1ccc(S(=O)(=O)N2CCCC2)cc1NC(=O)CN(c1cccc(C(F)(F)F)c1)S(=O)(=O)c1ccccc1. The molecule has 40 heavy (non-hydrogen) atoms. The molecular weight excluding hydrogens is 571 g/mol. The van der Waals surface area contributed by atoms with E-state index in [2.05, 4.69) is 5.32 Å². The quantitative estimate of drug-likeness (QED) is 0.393. The maximum atomic E-state index is 13.5. The van der Waals surface area contributed by atoms with Crippen molar-refractivity contribution in [2.75, 3.05) is 36.4 Å². The number of methoxy groups -OCH3 is 1. The predicted molar refractivity (Wildman–Crippen MR) is 142 cm³/mol. The zero-order valence-electron chi connectivity index (χ0n) is 21.3. The van der Waals surface area contributed by atoms with Crippen molar-refractivity contribution in [3.05, 3.63) is 78.4 Å². The first-order valence-corrected chi connectivity index (χ1v) is 14.9. The molecule has 1 saturated heterocycles. The van der Waals surface area contributed by atoms with Gasteiger partial charge in [0.05, 0.1) is 33.8 Å². The van der Waals surface area contributed by atoms with Gasteiger partial charge in [-0.3, -0.25) is 9.10 Å². The van der Waals surface area contributed by atoms with Gasteiger partial charge in [-0.25, -0.2) is 16.8 Å². The van der Waals surface area contributed by atoms with E-state index in [4.69, 9.17) is 4.74 Å². The van der Waals surface area contributed by atoms with Crippen LogP contribution in [0.15, 0.2) is 82.6 Å². The summed E-state index contributed by atoms with van der Waals surface area (Å²) in [5, 5.41) is 2.46. The number of hydrogen-bond acceptors (Lipinski definition) is 6. The molecule has 9 nitrogen and oxygen atoms in total. The van der Waals surface area contributed by atoms with Crippen LogP contribution < -0.4 is 14.4 Å². The molecule has 0 unspecified atom stereocenters. The summed E-state index contributed by atoms with van der Waals surface area (Å²) < 4.78 is 100. The fourth-order valence-corrected chi connectivity index (χ4v) is 7.19. The van der Waals surface area contributed by atoms with Crippen molar-refractivity contribution in [2.45, 2.75) is 28.8 Å². The van der Waals surface area contributed by atoms with Gasteiger partial charge in [-0.05, 0) is 61.4 Å². The molecule has 1 fully saturated rings. The average Bonchev–Trinajstić information content (AvgIpc) is 3.48. The van der Waals surface area contributed by atoms with E-state index < -0.39 is 44.2 Å². The minimum atomic E-state index is -4.75. The lowest BCUT2D eigenvalue weighted by Gasteiger charge is -2.25. The van der Waals surface area contributed by atoms with E-state index in [0.717, 1.165) is 31.0 Å². The van der Waals surface area contributed by atoms with Gasteiger partial charge in [-0.1, -0.05) is 24.3 Å². The van der Waals surface area contributed by atoms with Crippen LogP contribution >= 0.6 is 0 Å². The molecule has 0 spiro atoms. The molecule has 4 rings (SSSR count). The van der Waals surface area contributed by atoms with Gasteiger partial charge in [0.1, 0.15) is 12.3 Å². The summed E-state index contributed by atoms with van der Waals surface area (Å²) in [7, 11) is -7.04. The van der Waals surface area contributed by atoms with Crippen LogP contribution in [0.1, 0.15) is 18.4 Å². The number of nitrogens with zero attached hydrogens (tertiary/aromatic N) is 2. The van der Waals surface area contributed by atoms with Crippen molar-refractivity contribution in [1.82, 2.24) is 4.31 Å². The fraction of sp³-hybridized carbons (Fsp3) is 0.269. The zero-order valence-corrected chi connectivity index (χ0v) is 22.9. The van der Waals surface area contributed by atoms with Gasteiger partial charge in [0.25, 0.3) is 10.0 Å². The van der Waals surface area contributed by atoms with Gasteiger partial charge in [0.2, 0.25) is 15.9 Å². The first-order valence-electron chi connectivity index (χ1n) is 12.1. The Balaban J connectivity index is 1.69. The molecule has 0 aliphatic carbocycles. The molecule has 3 aromatic carbocycles. The van der Waals surface area contributed by atoms with Crippen molar-refractivity contribution >= 4 is 37.3 Å². The van der Waals surface area contributed by atoms with Gasteiger partial charge in [0, 0.05) is 13.1 Å². The second-order valence-electron chi connectivity index (χ2n) is 8.89. The number of ether oxygens (including phenoxy) is 1. The van der Waals surface area contributed by atoms with Gasteiger partial charge in [0.15, 0.2) is 0 Å². The monoisotopic (exact) mass is 597 g/mol. The van der Waals surface area contributed by atoms with Gasteiger partial charge in [-0.15, -0.1) is 0 Å². The lowest BCUT2D eigenvalue weighted by atomic mass is 10.2. The van der Waals surface area contributed by atoms with Crippen LogP contribution in [-0.4, -0.2) is 53.8 Å². The number of hydrogen-bond donors (Lipinski definition) is 1. The summed E-state index contributed by atoms with van der Waals surface area (Å²) in [6.07, 6.45) is -3.31. The molecular formula is C26H26F3N3O6S2. The molecule has 3 aromatic rings. The minimum Gasteiger partial charge on any atom is -0.495 e. The largest absolute Gasteiger partial charge is 0.495 e. The highest BCUT2D eigenvalue weighted by Gasteiger charge is 2.34. The Morgan fingerprint density at radius 3 is 2.23 bits per heavy atom. The van der Waals surface area contributed by atoms with Crippen LogP contribution in [0.5, 0.6) is 5.75 Å². The van der Waals surface area contributed by atoms with Crippen molar-refractivity contribution in [3.8, 4) is 5.75 Å². The molecule has 1 aliphatic heterocycles. The molecule has 1 N–H and O–H groups in total. The van der Waals surface area contributed by atoms with Crippen LogP contribution in [-0.2, 0) is 31.0 Å². The zero-order chi connectivity index (χ0) is 29.1. The smallest absolute Gasteiger partial charge is 0.416 e. The Kier molecular flexibility index (Phi) is 8.42. The van der Waals surface area contributed by atoms with Crippen molar-refractivity contribution in [3.63, 3.8) is 0 Å². The fourth-order valence-electron chi connectivity index (χ4n) is 4.22. The highest BCUT2D eigenvalue weighted by molar-refractivity contribution is 7.92. The van der Waals surface area contributed by atoms with Crippen molar-refractivity contribution < 1.29 is 39.5 Å². The number of halogens is 3. The Bertz CT molecular complexity index is 1590. The van der Waals surface area contributed by atoms with E-state index in [-0.39, 0.29) is 26.9 Å². The average molecular weight is 598 g/mol. The van der Waals surface area contributed by atoms with Crippen LogP contribution in [0.3, 0.4) is 0 Å². The van der Waals surface area contributed by atoms with E-state index >= 15 is 0 Å². The summed E-state index contributed by atoms with van der Waals surface area (Å²) >= 11 is 0. The molecule has 0 atom stereocenters. The normalized spacial score (nSPS) is 14.6. The number of carbonyl (C=O) groups excluding carboxylic acids is 1. The highest BCUT2D eigenvalue weighted by atomic mass is 32.2. The molecule has 1 heterocycles. The highest BCUT2D eigenvalue weighted by Crippen LogP contribution is 2.34. The molecule has 0 bridgehead atoms. The van der Waals surface area contributed by atoms with Crippen LogP contribution in [0.4, 0.5) is 24.5 Å². The van der Waals surface area contributed by atoms with Gasteiger partial charge >= 0.3 is 6.18 Å². The standard InChI is InChI=1S/C26H26F3N3O6S2/c1-38-24-13-12-22(39(34,35)31-14-5-6-15-31)17-23(24)30-25(33)18-32(40(36,37)21-10-3-2-4-11-21)20-9-7-8-19(16-20)26(27,28)29/h2-4,7-13,16-17H,5-6,14-15,18H2,1H3,(H,30,33). The third-order valence-electron chi connectivity index (χ3n) is 6.23. The number of alkyl halides is 3. The van der Waals surface area contributed by atoms with E-state index in [9.17, 15) is 34.8 Å². The number of amides is 1. The molecule has 0 radical (unpaired) electrons. The summed E-state index contributed by atoms with van der Waals surface area (Å²) in [5.74, 6) is -0.837. The Morgan fingerprint density at radius 1 is 0.925 bits per heavy atom. The molecule has 0 saturated carbocycles. The van der Waals surface area contributed by atoms with Crippen LogP contribution in [0.25, 0.3) is 0 Å². The number of carbonyl (C=O) groups is 1. The number of sulfonamides is 2. The molecule has 1 aliphatic rings. The number of anilines is 2. The third-order valence-corrected chi connectivity index (χ3v) is 9.91. The summed E-state index contributed by atoms with van der Waals surface area (Å²) in [6, 6.07) is 14.4. The number of nitrogens with one attached hydrogen (secondary N) is 1. The minimum absolute atomic E-state index is 0.0473. The number of rotatable bonds is 9. The topological polar surface area (TPSA) is 113 Å². The lowest BCUT2D eigenvalue weighted by Crippen LogP contribution is -2.38. The summed E-state index contributed by atoms with van der Waals surface area (Å²) in [6.45, 7) is -0.191. The molecule has 14 heteroatoms. The summed E-state index contributed by atoms with van der Waals surface area (Å²) in [4.78, 5) is 12.8.